The van der Waals surface area contributed by atoms with E-state index in [9.17, 15) is 23.1 Å². The number of aliphatic hydroxyl groups is 1. The molecule has 1 N–H and O–H groups in total. The molecule has 7 heteroatoms. The van der Waals surface area contributed by atoms with Gasteiger partial charge >= 0.3 is 6.18 Å². The van der Waals surface area contributed by atoms with Crippen molar-refractivity contribution in [2.45, 2.75) is 19.2 Å². The predicted octanol–water partition coefficient (Wildman–Crippen LogP) is 3.76. The maximum absolute atomic E-state index is 12.6. The molecule has 0 unspecified atom stereocenters. The first-order chi connectivity index (χ1) is 13.2. The van der Waals surface area contributed by atoms with Crippen LogP contribution in [0, 0.1) is 0 Å². The number of ketones is 1. The third-order valence-corrected chi connectivity index (χ3v) is 5.07. The number of aliphatic hydroxyl groups excluding tert-OH is 1. The van der Waals surface area contributed by atoms with Crippen LogP contribution in [0.2, 0.25) is 0 Å². The van der Waals surface area contributed by atoms with E-state index in [1.165, 1.54) is 19.1 Å². The maximum Gasteiger partial charge on any atom is 0.416 e. The van der Waals surface area contributed by atoms with Crippen molar-refractivity contribution in [3.05, 3.63) is 65.2 Å². The standard InChI is InChI=1S/C21H23F3N2O2/c1-15(27)16-4-8-19(9-5-16)26-12-10-25(11-13-26)14-20(28)17-2-6-18(7-3-17)21(22,23)24/h2-9,20,28H,10-14H2,1H3/t20-/m0/s1. The fourth-order valence-electron chi connectivity index (χ4n) is 3.34. The molecule has 3 rings (SSSR count). The lowest BCUT2D eigenvalue weighted by molar-refractivity contribution is -0.137. The molecule has 4 nitrogen and oxygen atoms in total. The quantitative estimate of drug-likeness (QED) is 0.787. The van der Waals surface area contributed by atoms with Gasteiger partial charge in [-0.15, -0.1) is 0 Å². The SMILES string of the molecule is CC(=O)c1ccc(N2CCN(C[C@H](O)c3ccc(C(F)(F)F)cc3)CC2)cc1. The highest BCUT2D eigenvalue weighted by Gasteiger charge is 2.30. The van der Waals surface area contributed by atoms with Gasteiger partial charge in [0, 0.05) is 44.0 Å². The molecular weight excluding hydrogens is 369 g/mol. The molecule has 0 bridgehead atoms. The number of hydrogen-bond acceptors (Lipinski definition) is 4. The molecule has 0 radical (unpaired) electrons. The number of alkyl halides is 3. The first kappa shape index (κ1) is 20.4. The second kappa shape index (κ2) is 8.32. The molecule has 1 aliphatic heterocycles. The minimum Gasteiger partial charge on any atom is -0.387 e. The fraction of sp³-hybridized carbons (Fsp3) is 0.381. The van der Waals surface area contributed by atoms with E-state index in [0.29, 0.717) is 17.7 Å². The Labute approximate surface area is 162 Å². The third kappa shape index (κ3) is 4.91. The van der Waals surface area contributed by atoms with E-state index in [-0.39, 0.29) is 5.78 Å². The maximum atomic E-state index is 12.6. The Hall–Kier alpha value is -2.38. The Morgan fingerprint density at radius 1 is 1.00 bits per heavy atom. The number of piperazine rings is 1. The van der Waals surface area contributed by atoms with E-state index in [0.717, 1.165) is 44.0 Å². The number of benzene rings is 2. The van der Waals surface area contributed by atoms with E-state index in [2.05, 4.69) is 9.80 Å². The van der Waals surface area contributed by atoms with E-state index in [1.54, 1.807) is 0 Å². The van der Waals surface area contributed by atoms with Crippen molar-refractivity contribution in [2.24, 2.45) is 0 Å². The number of carbonyl (C=O) groups excluding carboxylic acids is 1. The third-order valence-electron chi connectivity index (χ3n) is 5.07. The van der Waals surface area contributed by atoms with Crippen LogP contribution in [-0.2, 0) is 6.18 Å². The van der Waals surface area contributed by atoms with Gasteiger partial charge in [0.05, 0.1) is 11.7 Å². The highest BCUT2D eigenvalue weighted by atomic mass is 19.4. The summed E-state index contributed by atoms with van der Waals surface area (Å²) >= 11 is 0. The lowest BCUT2D eigenvalue weighted by Crippen LogP contribution is -2.47. The molecule has 150 valence electrons. The average molecular weight is 392 g/mol. The first-order valence-corrected chi connectivity index (χ1v) is 9.17. The zero-order chi connectivity index (χ0) is 20.3. The van der Waals surface area contributed by atoms with Crippen LogP contribution >= 0.6 is 0 Å². The van der Waals surface area contributed by atoms with Crippen LogP contribution in [0.4, 0.5) is 18.9 Å². The van der Waals surface area contributed by atoms with Crippen LogP contribution in [-0.4, -0.2) is 48.5 Å². The van der Waals surface area contributed by atoms with Gasteiger partial charge in [-0.1, -0.05) is 12.1 Å². The summed E-state index contributed by atoms with van der Waals surface area (Å²) in [6.45, 7) is 4.95. The summed E-state index contributed by atoms with van der Waals surface area (Å²) in [4.78, 5) is 15.7. The van der Waals surface area contributed by atoms with Crippen molar-refractivity contribution in [3.8, 4) is 0 Å². The van der Waals surface area contributed by atoms with Crippen LogP contribution in [0.5, 0.6) is 0 Å². The Morgan fingerprint density at radius 2 is 1.57 bits per heavy atom. The predicted molar refractivity (Wildman–Crippen MR) is 102 cm³/mol. The Kier molecular flexibility index (Phi) is 6.05. The molecule has 1 aliphatic rings. The van der Waals surface area contributed by atoms with Crippen LogP contribution < -0.4 is 4.90 Å². The largest absolute Gasteiger partial charge is 0.416 e. The van der Waals surface area contributed by atoms with Gasteiger partial charge < -0.3 is 10.0 Å². The summed E-state index contributed by atoms with van der Waals surface area (Å²) in [5.74, 6) is 0.0358. The molecule has 2 aromatic carbocycles. The van der Waals surface area contributed by atoms with E-state index >= 15 is 0 Å². The number of nitrogens with zero attached hydrogens (tertiary/aromatic N) is 2. The second-order valence-electron chi connectivity index (χ2n) is 7.03. The lowest BCUT2D eigenvalue weighted by Gasteiger charge is -2.37. The molecule has 1 heterocycles. The number of carbonyl (C=O) groups is 1. The molecule has 0 saturated carbocycles. The molecule has 2 aromatic rings. The molecule has 0 amide bonds. The summed E-state index contributed by atoms with van der Waals surface area (Å²) in [5, 5.41) is 10.4. The number of rotatable bonds is 5. The molecule has 0 aromatic heterocycles. The Bertz CT molecular complexity index is 796. The van der Waals surface area contributed by atoms with Gasteiger partial charge in [0.2, 0.25) is 0 Å². The van der Waals surface area contributed by atoms with Crippen LogP contribution in [0.25, 0.3) is 0 Å². The second-order valence-corrected chi connectivity index (χ2v) is 7.03. The van der Waals surface area contributed by atoms with Crippen LogP contribution in [0.1, 0.15) is 34.5 Å². The van der Waals surface area contributed by atoms with Gasteiger partial charge in [0.15, 0.2) is 5.78 Å². The number of Topliss-reactive ketones (excluding diaryl/α,β-unsaturated/α-hetero) is 1. The first-order valence-electron chi connectivity index (χ1n) is 9.17. The lowest BCUT2D eigenvalue weighted by atomic mass is 10.1. The number of hydrogen-bond donors (Lipinski definition) is 1. The number of β-amino-alcohol motifs (C(OH)–C–C–N with tert-alkyl or cyclic N) is 1. The summed E-state index contributed by atoms with van der Waals surface area (Å²) in [6, 6.07) is 12.2. The Balaban J connectivity index is 1.53. The van der Waals surface area contributed by atoms with Crippen molar-refractivity contribution in [1.29, 1.82) is 0 Å². The van der Waals surface area contributed by atoms with Gasteiger partial charge in [0.25, 0.3) is 0 Å². The summed E-state index contributed by atoms with van der Waals surface area (Å²) in [6.07, 6.45) is -5.20. The monoisotopic (exact) mass is 392 g/mol. The van der Waals surface area contributed by atoms with Crippen molar-refractivity contribution in [1.82, 2.24) is 4.90 Å². The van der Waals surface area contributed by atoms with Gasteiger partial charge in [-0.3, -0.25) is 9.69 Å². The molecule has 1 fully saturated rings. The van der Waals surface area contributed by atoms with E-state index in [4.69, 9.17) is 0 Å². The van der Waals surface area contributed by atoms with Crippen molar-refractivity contribution < 1.29 is 23.1 Å². The minimum atomic E-state index is -4.37. The van der Waals surface area contributed by atoms with Crippen LogP contribution in [0.15, 0.2) is 48.5 Å². The van der Waals surface area contributed by atoms with Gasteiger partial charge in [-0.2, -0.15) is 13.2 Å². The molecule has 0 spiro atoms. The highest BCUT2D eigenvalue weighted by Crippen LogP contribution is 2.30. The Morgan fingerprint density at radius 3 is 2.07 bits per heavy atom. The highest BCUT2D eigenvalue weighted by molar-refractivity contribution is 5.94. The van der Waals surface area contributed by atoms with Gasteiger partial charge in [-0.25, -0.2) is 0 Å². The molecule has 0 aliphatic carbocycles. The fourth-order valence-corrected chi connectivity index (χ4v) is 3.34. The smallest absolute Gasteiger partial charge is 0.387 e. The normalized spacial score (nSPS) is 16.8. The van der Waals surface area contributed by atoms with Gasteiger partial charge in [-0.05, 0) is 48.9 Å². The van der Waals surface area contributed by atoms with Gasteiger partial charge in [0.1, 0.15) is 0 Å². The minimum absolute atomic E-state index is 0.0358. The molecule has 28 heavy (non-hydrogen) atoms. The van der Waals surface area contributed by atoms with Crippen LogP contribution in [0.3, 0.4) is 0 Å². The molecular formula is C21H23F3N2O2. The summed E-state index contributed by atoms with van der Waals surface area (Å²) in [7, 11) is 0. The average Bonchev–Trinajstić information content (AvgIpc) is 2.68. The number of halogens is 3. The van der Waals surface area contributed by atoms with Crippen molar-refractivity contribution >= 4 is 11.5 Å². The number of anilines is 1. The summed E-state index contributed by atoms with van der Waals surface area (Å²) < 4.78 is 37.9. The van der Waals surface area contributed by atoms with E-state index in [1.807, 2.05) is 24.3 Å². The van der Waals surface area contributed by atoms with Crippen molar-refractivity contribution in [2.75, 3.05) is 37.6 Å². The summed E-state index contributed by atoms with van der Waals surface area (Å²) in [5.41, 5.74) is 1.50. The molecule has 1 atom stereocenters. The topological polar surface area (TPSA) is 43.8 Å². The zero-order valence-electron chi connectivity index (χ0n) is 15.6. The van der Waals surface area contributed by atoms with E-state index < -0.39 is 17.8 Å². The van der Waals surface area contributed by atoms with Crippen molar-refractivity contribution in [3.63, 3.8) is 0 Å². The zero-order valence-corrected chi connectivity index (χ0v) is 15.6. The molecule has 1 saturated heterocycles.